The molecule has 3 heteroatoms. The lowest BCUT2D eigenvalue weighted by molar-refractivity contribution is -0.142. The van der Waals surface area contributed by atoms with Crippen LogP contribution in [0.4, 0.5) is 0 Å². The van der Waals surface area contributed by atoms with Crippen LogP contribution >= 0.6 is 0 Å². The third-order valence-electron chi connectivity index (χ3n) is 5.66. The quantitative estimate of drug-likeness (QED) is 0.854. The number of carbonyl (C=O) groups is 1. The van der Waals surface area contributed by atoms with E-state index >= 15 is 0 Å². The van der Waals surface area contributed by atoms with Gasteiger partial charge in [-0.1, -0.05) is 60.7 Å². The van der Waals surface area contributed by atoms with Crippen LogP contribution in [0.3, 0.4) is 0 Å². The Hall–Kier alpha value is -2.13. The molecule has 0 radical (unpaired) electrons. The molecule has 0 spiro atoms. The Labute approximate surface area is 149 Å². The van der Waals surface area contributed by atoms with Crippen molar-refractivity contribution >= 4 is 5.91 Å². The van der Waals surface area contributed by atoms with Crippen LogP contribution in [-0.4, -0.2) is 36.6 Å². The first-order valence-corrected chi connectivity index (χ1v) is 9.31. The molecule has 1 amide bonds. The largest absolute Gasteiger partial charge is 0.368 e. The van der Waals surface area contributed by atoms with Gasteiger partial charge in [0.2, 0.25) is 0 Å². The van der Waals surface area contributed by atoms with Gasteiger partial charge < -0.3 is 9.64 Å². The van der Waals surface area contributed by atoms with Gasteiger partial charge in [0.15, 0.2) is 0 Å². The Bertz CT molecular complexity index is 668. The van der Waals surface area contributed by atoms with Crippen molar-refractivity contribution in [3.05, 3.63) is 71.8 Å². The van der Waals surface area contributed by atoms with Crippen molar-refractivity contribution < 1.29 is 9.53 Å². The molecule has 0 bridgehead atoms. The lowest BCUT2D eigenvalue weighted by Gasteiger charge is -2.44. The van der Waals surface area contributed by atoms with E-state index in [0.717, 1.165) is 38.8 Å². The molecule has 130 valence electrons. The predicted octanol–water partition coefficient (Wildman–Crippen LogP) is 3.77. The summed E-state index contributed by atoms with van der Waals surface area (Å²) in [5.41, 5.74) is 2.46. The minimum atomic E-state index is -0.234. The fraction of sp³-hybridized carbons (Fsp3) is 0.409. The van der Waals surface area contributed by atoms with Gasteiger partial charge in [0, 0.05) is 25.1 Å². The fourth-order valence-electron chi connectivity index (χ4n) is 4.37. The molecule has 2 fully saturated rings. The molecule has 2 saturated heterocycles. The highest BCUT2D eigenvalue weighted by Crippen LogP contribution is 2.40. The van der Waals surface area contributed by atoms with E-state index in [0.29, 0.717) is 6.61 Å². The van der Waals surface area contributed by atoms with Crippen LogP contribution in [0.1, 0.15) is 36.8 Å². The Morgan fingerprint density at radius 3 is 2.16 bits per heavy atom. The lowest BCUT2D eigenvalue weighted by atomic mass is 9.69. The number of ether oxygens (including phenoxy) is 1. The average molecular weight is 335 g/mol. The van der Waals surface area contributed by atoms with Gasteiger partial charge in [-0.15, -0.1) is 0 Å². The maximum Gasteiger partial charge on any atom is 0.251 e. The molecule has 2 aromatic rings. The summed E-state index contributed by atoms with van der Waals surface area (Å²) in [6, 6.07) is 21.3. The number of benzene rings is 2. The van der Waals surface area contributed by atoms with E-state index in [9.17, 15) is 4.79 Å². The van der Waals surface area contributed by atoms with E-state index in [2.05, 4.69) is 60.7 Å². The second kappa shape index (κ2) is 7.01. The summed E-state index contributed by atoms with van der Waals surface area (Å²) < 4.78 is 5.66. The van der Waals surface area contributed by atoms with Crippen molar-refractivity contribution in [2.24, 2.45) is 0 Å². The highest BCUT2D eigenvalue weighted by Gasteiger charge is 2.41. The monoisotopic (exact) mass is 335 g/mol. The molecule has 1 atom stereocenters. The molecular weight excluding hydrogens is 310 g/mol. The number of rotatable bonds is 3. The van der Waals surface area contributed by atoms with Gasteiger partial charge in [0.05, 0.1) is 0 Å². The molecule has 0 saturated carbocycles. The van der Waals surface area contributed by atoms with Crippen LogP contribution in [0.25, 0.3) is 0 Å². The third-order valence-corrected chi connectivity index (χ3v) is 5.66. The highest BCUT2D eigenvalue weighted by molar-refractivity contribution is 5.81. The third kappa shape index (κ3) is 3.09. The number of hydrogen-bond donors (Lipinski definition) is 0. The van der Waals surface area contributed by atoms with E-state index in [1.165, 1.54) is 11.1 Å². The van der Waals surface area contributed by atoms with Gasteiger partial charge in [0.25, 0.3) is 5.91 Å². The SMILES string of the molecule is O=C([C@H]1CCCO1)N1CCCC(c2ccccc2)(c2ccccc2)C1. The Morgan fingerprint density at radius 1 is 0.960 bits per heavy atom. The molecule has 2 aromatic carbocycles. The molecule has 3 nitrogen and oxygen atoms in total. The number of likely N-dealkylation sites (tertiary alicyclic amines) is 1. The molecule has 2 aliphatic rings. The summed E-state index contributed by atoms with van der Waals surface area (Å²) in [7, 11) is 0. The molecule has 2 aliphatic heterocycles. The minimum Gasteiger partial charge on any atom is -0.368 e. The van der Waals surface area contributed by atoms with Crippen molar-refractivity contribution in [2.75, 3.05) is 19.7 Å². The van der Waals surface area contributed by atoms with Crippen LogP contribution in [0.15, 0.2) is 60.7 Å². The summed E-state index contributed by atoms with van der Waals surface area (Å²) in [5.74, 6) is 0.174. The standard InChI is InChI=1S/C22H25NO2/c24-21(20-13-7-16-25-20)23-15-8-14-22(17-23,18-9-3-1-4-10-18)19-11-5-2-6-12-19/h1-6,9-12,20H,7-8,13-17H2/t20-/m1/s1. The number of hydrogen-bond acceptors (Lipinski definition) is 2. The number of nitrogens with zero attached hydrogens (tertiary/aromatic N) is 1. The summed E-state index contributed by atoms with van der Waals surface area (Å²) in [6.07, 6.45) is 3.70. The molecule has 4 rings (SSSR count). The van der Waals surface area contributed by atoms with Crippen molar-refractivity contribution in [1.82, 2.24) is 4.90 Å². The van der Waals surface area contributed by atoms with E-state index in [1.54, 1.807) is 0 Å². The molecule has 2 heterocycles. The molecule has 0 aliphatic carbocycles. The first-order valence-electron chi connectivity index (χ1n) is 9.31. The Balaban J connectivity index is 1.70. The van der Waals surface area contributed by atoms with E-state index in [4.69, 9.17) is 4.74 Å². The highest BCUT2D eigenvalue weighted by atomic mass is 16.5. The first kappa shape index (κ1) is 16.3. The fourth-order valence-corrected chi connectivity index (χ4v) is 4.37. The van der Waals surface area contributed by atoms with Gasteiger partial charge in [-0.25, -0.2) is 0 Å². The molecule has 0 aromatic heterocycles. The van der Waals surface area contributed by atoms with E-state index in [-0.39, 0.29) is 17.4 Å². The lowest BCUT2D eigenvalue weighted by Crippen LogP contribution is -2.51. The Kier molecular flexibility index (Phi) is 4.58. The summed E-state index contributed by atoms with van der Waals surface area (Å²) >= 11 is 0. The second-order valence-corrected chi connectivity index (χ2v) is 7.18. The molecular formula is C22H25NO2. The smallest absolute Gasteiger partial charge is 0.251 e. The van der Waals surface area contributed by atoms with Gasteiger partial charge in [-0.05, 0) is 36.8 Å². The minimum absolute atomic E-state index is 0.130. The predicted molar refractivity (Wildman–Crippen MR) is 98.5 cm³/mol. The van der Waals surface area contributed by atoms with Crippen LogP contribution in [0.5, 0.6) is 0 Å². The summed E-state index contributed by atoms with van der Waals surface area (Å²) in [4.78, 5) is 15.0. The van der Waals surface area contributed by atoms with Crippen molar-refractivity contribution in [2.45, 2.75) is 37.2 Å². The van der Waals surface area contributed by atoms with Crippen LogP contribution < -0.4 is 0 Å². The molecule has 0 unspecified atom stereocenters. The van der Waals surface area contributed by atoms with Crippen LogP contribution in [0.2, 0.25) is 0 Å². The number of amides is 1. The summed E-state index contributed by atoms with van der Waals surface area (Å²) in [6.45, 7) is 2.28. The van der Waals surface area contributed by atoms with Gasteiger partial charge >= 0.3 is 0 Å². The zero-order valence-electron chi connectivity index (χ0n) is 14.6. The van der Waals surface area contributed by atoms with E-state index in [1.807, 2.05) is 4.90 Å². The molecule has 0 N–H and O–H groups in total. The average Bonchev–Trinajstić information content (AvgIpc) is 3.23. The maximum atomic E-state index is 13.0. The van der Waals surface area contributed by atoms with E-state index < -0.39 is 0 Å². The van der Waals surface area contributed by atoms with Crippen LogP contribution in [0, 0.1) is 0 Å². The zero-order chi connectivity index (χ0) is 17.1. The first-order chi connectivity index (χ1) is 12.3. The van der Waals surface area contributed by atoms with Crippen molar-refractivity contribution in [1.29, 1.82) is 0 Å². The van der Waals surface area contributed by atoms with Crippen molar-refractivity contribution in [3.8, 4) is 0 Å². The second-order valence-electron chi connectivity index (χ2n) is 7.18. The van der Waals surface area contributed by atoms with Crippen molar-refractivity contribution in [3.63, 3.8) is 0 Å². The Morgan fingerprint density at radius 2 is 1.60 bits per heavy atom. The molecule has 25 heavy (non-hydrogen) atoms. The van der Waals surface area contributed by atoms with Gasteiger partial charge in [-0.2, -0.15) is 0 Å². The maximum absolute atomic E-state index is 13.0. The van der Waals surface area contributed by atoms with Crippen LogP contribution in [-0.2, 0) is 14.9 Å². The van der Waals surface area contributed by atoms with Gasteiger partial charge in [-0.3, -0.25) is 4.79 Å². The topological polar surface area (TPSA) is 29.5 Å². The summed E-state index contributed by atoms with van der Waals surface area (Å²) in [5, 5.41) is 0. The van der Waals surface area contributed by atoms with Gasteiger partial charge in [0.1, 0.15) is 6.10 Å². The number of carbonyl (C=O) groups excluding carboxylic acids is 1. The number of piperidine rings is 1. The normalized spacial score (nSPS) is 22.7. The zero-order valence-corrected chi connectivity index (χ0v) is 14.6.